The van der Waals surface area contributed by atoms with Gasteiger partial charge in [-0.1, -0.05) is 6.07 Å². The Labute approximate surface area is 119 Å². The SMILES string of the molecule is CN1CCC(Oc2cccc3ncncc23)CC1.Cl. The molecule has 0 amide bonds. The summed E-state index contributed by atoms with van der Waals surface area (Å²) in [5.74, 6) is 0.905. The molecule has 1 aliphatic heterocycles. The zero-order chi connectivity index (χ0) is 12.4. The average Bonchev–Trinajstić information content (AvgIpc) is 2.42. The first kappa shape index (κ1) is 14.0. The lowest BCUT2D eigenvalue weighted by atomic mass is 10.1. The number of hydrogen-bond acceptors (Lipinski definition) is 4. The van der Waals surface area contributed by atoms with Gasteiger partial charge in [0.25, 0.3) is 0 Å². The largest absolute Gasteiger partial charge is 0.490 e. The van der Waals surface area contributed by atoms with Crippen molar-refractivity contribution in [3.63, 3.8) is 0 Å². The van der Waals surface area contributed by atoms with Crippen LogP contribution >= 0.6 is 12.4 Å². The third-order valence-corrected chi connectivity index (χ3v) is 3.47. The molecular formula is C14H18ClN3O. The number of likely N-dealkylation sites (tertiary alicyclic amines) is 1. The van der Waals surface area contributed by atoms with Crippen molar-refractivity contribution in [1.82, 2.24) is 14.9 Å². The zero-order valence-corrected chi connectivity index (χ0v) is 11.8. The number of fused-ring (bicyclic) bond motifs is 1. The van der Waals surface area contributed by atoms with E-state index in [0.29, 0.717) is 6.10 Å². The van der Waals surface area contributed by atoms with Crippen LogP contribution in [0.2, 0.25) is 0 Å². The first-order valence-corrected chi connectivity index (χ1v) is 6.37. The molecule has 0 aliphatic carbocycles. The molecule has 3 rings (SSSR count). The lowest BCUT2D eigenvalue weighted by Crippen LogP contribution is -2.35. The summed E-state index contributed by atoms with van der Waals surface area (Å²) in [5.41, 5.74) is 0.940. The van der Waals surface area contributed by atoms with E-state index in [0.717, 1.165) is 42.6 Å². The predicted octanol–water partition coefficient (Wildman–Crippen LogP) is 2.52. The van der Waals surface area contributed by atoms with E-state index in [-0.39, 0.29) is 12.4 Å². The van der Waals surface area contributed by atoms with Crippen LogP contribution in [0.25, 0.3) is 10.9 Å². The van der Waals surface area contributed by atoms with Crippen molar-refractivity contribution < 1.29 is 4.74 Å². The molecule has 0 bridgehead atoms. The second-order valence-corrected chi connectivity index (χ2v) is 4.83. The highest BCUT2D eigenvalue weighted by atomic mass is 35.5. The number of benzene rings is 1. The highest BCUT2D eigenvalue weighted by Gasteiger charge is 2.18. The van der Waals surface area contributed by atoms with E-state index in [1.807, 2.05) is 24.4 Å². The number of hydrogen-bond donors (Lipinski definition) is 0. The molecule has 0 spiro atoms. The molecule has 1 aromatic heterocycles. The minimum Gasteiger partial charge on any atom is -0.490 e. The maximum absolute atomic E-state index is 6.11. The predicted molar refractivity (Wildman–Crippen MR) is 77.9 cm³/mol. The van der Waals surface area contributed by atoms with Gasteiger partial charge in [0.05, 0.1) is 10.9 Å². The van der Waals surface area contributed by atoms with Crippen molar-refractivity contribution in [2.45, 2.75) is 18.9 Å². The minimum atomic E-state index is 0. The quantitative estimate of drug-likeness (QED) is 0.847. The summed E-state index contributed by atoms with van der Waals surface area (Å²) in [6.45, 7) is 2.21. The van der Waals surface area contributed by atoms with Crippen molar-refractivity contribution in [2.24, 2.45) is 0 Å². The van der Waals surface area contributed by atoms with Crippen LogP contribution in [0.15, 0.2) is 30.7 Å². The number of nitrogens with zero attached hydrogens (tertiary/aromatic N) is 3. The smallest absolute Gasteiger partial charge is 0.130 e. The van der Waals surface area contributed by atoms with Crippen molar-refractivity contribution in [1.29, 1.82) is 0 Å². The van der Waals surface area contributed by atoms with Gasteiger partial charge in [-0.15, -0.1) is 12.4 Å². The summed E-state index contributed by atoms with van der Waals surface area (Å²) in [6.07, 6.45) is 5.88. The second kappa shape index (κ2) is 6.17. The van der Waals surface area contributed by atoms with Gasteiger partial charge in [0.1, 0.15) is 18.2 Å². The van der Waals surface area contributed by atoms with Crippen LogP contribution in [0.5, 0.6) is 5.75 Å². The molecule has 0 saturated carbocycles. The Balaban J connectivity index is 0.00000133. The molecule has 1 aromatic carbocycles. The van der Waals surface area contributed by atoms with Crippen LogP contribution in [-0.4, -0.2) is 41.1 Å². The Kier molecular flexibility index (Phi) is 4.56. The van der Waals surface area contributed by atoms with Crippen LogP contribution in [0, 0.1) is 0 Å². The van der Waals surface area contributed by atoms with Crippen LogP contribution in [0.1, 0.15) is 12.8 Å². The van der Waals surface area contributed by atoms with Crippen molar-refractivity contribution >= 4 is 23.3 Å². The molecule has 0 unspecified atom stereocenters. The van der Waals surface area contributed by atoms with Gasteiger partial charge in [-0.2, -0.15) is 0 Å². The first-order valence-electron chi connectivity index (χ1n) is 6.37. The average molecular weight is 280 g/mol. The van der Waals surface area contributed by atoms with Crippen LogP contribution in [0.4, 0.5) is 0 Å². The Morgan fingerprint density at radius 2 is 2.05 bits per heavy atom. The normalized spacial score (nSPS) is 17.1. The van der Waals surface area contributed by atoms with Gasteiger partial charge in [0.15, 0.2) is 0 Å². The first-order chi connectivity index (χ1) is 8.83. The van der Waals surface area contributed by atoms with Gasteiger partial charge in [-0.25, -0.2) is 9.97 Å². The number of halogens is 1. The third-order valence-electron chi connectivity index (χ3n) is 3.47. The van der Waals surface area contributed by atoms with Gasteiger partial charge >= 0.3 is 0 Å². The molecule has 19 heavy (non-hydrogen) atoms. The van der Waals surface area contributed by atoms with Gasteiger partial charge in [-0.3, -0.25) is 0 Å². The maximum atomic E-state index is 6.11. The lowest BCUT2D eigenvalue weighted by molar-refractivity contribution is 0.115. The molecule has 4 nitrogen and oxygen atoms in total. The molecule has 0 radical (unpaired) electrons. The van der Waals surface area contributed by atoms with Gasteiger partial charge in [-0.05, 0) is 32.0 Å². The van der Waals surface area contributed by atoms with E-state index in [2.05, 4.69) is 21.9 Å². The highest BCUT2D eigenvalue weighted by Crippen LogP contribution is 2.26. The second-order valence-electron chi connectivity index (χ2n) is 4.83. The summed E-state index contributed by atoms with van der Waals surface area (Å²) < 4.78 is 6.11. The number of rotatable bonds is 2. The molecule has 2 heterocycles. The van der Waals surface area contributed by atoms with Crippen LogP contribution in [-0.2, 0) is 0 Å². The molecule has 2 aromatic rings. The molecule has 5 heteroatoms. The third kappa shape index (κ3) is 3.14. The molecule has 0 atom stereocenters. The van der Waals surface area contributed by atoms with E-state index in [9.17, 15) is 0 Å². The summed E-state index contributed by atoms with van der Waals surface area (Å²) in [4.78, 5) is 10.7. The summed E-state index contributed by atoms with van der Waals surface area (Å²) in [5, 5.41) is 0.999. The topological polar surface area (TPSA) is 38.2 Å². The Morgan fingerprint density at radius 1 is 1.26 bits per heavy atom. The highest BCUT2D eigenvalue weighted by molar-refractivity contribution is 5.85. The monoisotopic (exact) mass is 279 g/mol. The van der Waals surface area contributed by atoms with E-state index >= 15 is 0 Å². The molecule has 0 N–H and O–H groups in total. The van der Waals surface area contributed by atoms with Gasteiger partial charge in [0.2, 0.25) is 0 Å². The van der Waals surface area contributed by atoms with E-state index in [1.165, 1.54) is 0 Å². The summed E-state index contributed by atoms with van der Waals surface area (Å²) >= 11 is 0. The van der Waals surface area contributed by atoms with Crippen molar-refractivity contribution in [2.75, 3.05) is 20.1 Å². The minimum absolute atomic E-state index is 0. The fourth-order valence-electron chi connectivity index (χ4n) is 2.36. The Hall–Kier alpha value is -1.39. The van der Waals surface area contributed by atoms with Gasteiger partial charge in [0, 0.05) is 19.3 Å². The van der Waals surface area contributed by atoms with Gasteiger partial charge < -0.3 is 9.64 Å². The van der Waals surface area contributed by atoms with Crippen molar-refractivity contribution in [3.8, 4) is 5.75 Å². The van der Waals surface area contributed by atoms with E-state index < -0.39 is 0 Å². The zero-order valence-electron chi connectivity index (χ0n) is 11.0. The molecular weight excluding hydrogens is 262 g/mol. The molecule has 1 fully saturated rings. The van der Waals surface area contributed by atoms with Crippen molar-refractivity contribution in [3.05, 3.63) is 30.7 Å². The van der Waals surface area contributed by atoms with E-state index in [4.69, 9.17) is 4.74 Å². The maximum Gasteiger partial charge on any atom is 0.130 e. The standard InChI is InChI=1S/C14H17N3O.ClH/c1-17-7-5-11(6-8-17)18-14-4-2-3-13-12(14)9-15-10-16-13;/h2-4,9-11H,5-8H2,1H3;1H. The molecule has 1 aliphatic rings. The summed E-state index contributed by atoms with van der Waals surface area (Å²) in [6, 6.07) is 5.97. The Morgan fingerprint density at radius 3 is 2.84 bits per heavy atom. The van der Waals surface area contributed by atoms with Crippen LogP contribution in [0.3, 0.4) is 0 Å². The number of piperidine rings is 1. The fraction of sp³-hybridized carbons (Fsp3) is 0.429. The fourth-order valence-corrected chi connectivity index (χ4v) is 2.36. The lowest BCUT2D eigenvalue weighted by Gasteiger charge is -2.29. The molecule has 1 saturated heterocycles. The summed E-state index contributed by atoms with van der Waals surface area (Å²) in [7, 11) is 2.15. The number of ether oxygens (including phenoxy) is 1. The van der Waals surface area contributed by atoms with E-state index in [1.54, 1.807) is 6.33 Å². The number of aromatic nitrogens is 2. The Bertz CT molecular complexity index is 536. The molecule has 102 valence electrons. The van der Waals surface area contributed by atoms with Crippen LogP contribution < -0.4 is 4.74 Å².